The Morgan fingerprint density at radius 1 is 1.32 bits per heavy atom. The number of likely N-dealkylation sites (tertiary alicyclic amines) is 3. The van der Waals surface area contributed by atoms with Crippen LogP contribution < -0.4 is 5.73 Å². The topological polar surface area (TPSA) is 93.7 Å². The number of nitriles is 1. The van der Waals surface area contributed by atoms with Gasteiger partial charge < -0.3 is 15.5 Å². The Balaban J connectivity index is 1.44. The van der Waals surface area contributed by atoms with Crippen LogP contribution >= 0.6 is 0 Å². The Hall–Kier alpha value is -2.50. The monoisotopic (exact) mass is 427 g/mol. The molecule has 3 aliphatic rings. The second-order valence-corrected chi connectivity index (χ2v) is 9.27. The zero-order valence-corrected chi connectivity index (χ0v) is 18.1. The van der Waals surface area contributed by atoms with Crippen molar-refractivity contribution in [2.24, 2.45) is 11.7 Å². The highest BCUT2D eigenvalue weighted by Crippen LogP contribution is 2.41. The number of rotatable bonds is 6. The summed E-state index contributed by atoms with van der Waals surface area (Å²) in [4.78, 5) is 31.6. The molecule has 0 aromatic heterocycles. The molecular weight excluding hydrogens is 397 g/mol. The maximum absolute atomic E-state index is 13.4. The minimum atomic E-state index is -0.743. The molecule has 3 fully saturated rings. The molecule has 166 valence electrons. The van der Waals surface area contributed by atoms with Crippen molar-refractivity contribution in [1.29, 1.82) is 5.26 Å². The summed E-state index contributed by atoms with van der Waals surface area (Å²) in [5, 5.41) is 9.24. The third kappa shape index (κ3) is 3.92. The van der Waals surface area contributed by atoms with E-state index in [0.29, 0.717) is 32.5 Å². The third-order valence-electron chi connectivity index (χ3n) is 6.89. The minimum absolute atomic E-state index is 0.0509. The first kappa shape index (κ1) is 21.7. The molecule has 0 saturated carbocycles. The molecule has 1 aromatic carbocycles. The summed E-state index contributed by atoms with van der Waals surface area (Å²) in [5.74, 6) is -0.261. The van der Waals surface area contributed by atoms with E-state index < -0.39 is 12.1 Å². The summed E-state index contributed by atoms with van der Waals surface area (Å²) in [6.45, 7) is 5.69. The first-order valence-corrected chi connectivity index (χ1v) is 11.1. The summed E-state index contributed by atoms with van der Waals surface area (Å²) in [5.41, 5.74) is 7.15. The zero-order chi connectivity index (χ0) is 22.3. The Bertz CT molecular complexity index is 883. The molecule has 2 N–H and O–H groups in total. The van der Waals surface area contributed by atoms with Crippen molar-refractivity contribution in [2.45, 2.75) is 63.3 Å². The van der Waals surface area contributed by atoms with Gasteiger partial charge in [-0.25, -0.2) is 4.39 Å². The van der Waals surface area contributed by atoms with E-state index in [4.69, 9.17) is 5.73 Å². The van der Waals surface area contributed by atoms with Crippen LogP contribution in [0.3, 0.4) is 0 Å². The van der Waals surface area contributed by atoms with Crippen molar-refractivity contribution >= 4 is 11.8 Å². The number of carbonyl (C=O) groups excluding carboxylic acids is 2. The second kappa shape index (κ2) is 8.56. The number of hydrogen-bond acceptors (Lipinski definition) is 5. The molecule has 0 aliphatic carbocycles. The SMILES string of the molecule is CC(C)[C@@H](c1ccc(F)cc1)N1C(=O)[C@H]2CC1CN2C[C@H](N)C(=O)N1CCC[C@H]1C#N. The number of benzene rings is 1. The largest absolute Gasteiger partial charge is 0.330 e. The molecule has 8 heteroatoms. The molecule has 3 aliphatic heterocycles. The van der Waals surface area contributed by atoms with Gasteiger partial charge in [0.2, 0.25) is 11.8 Å². The average Bonchev–Trinajstić information content (AvgIpc) is 3.44. The molecule has 5 atom stereocenters. The third-order valence-corrected chi connectivity index (χ3v) is 6.89. The van der Waals surface area contributed by atoms with Crippen molar-refractivity contribution < 1.29 is 14.0 Å². The maximum Gasteiger partial charge on any atom is 0.241 e. The number of hydrogen-bond donors (Lipinski definition) is 1. The molecule has 3 heterocycles. The van der Waals surface area contributed by atoms with Crippen molar-refractivity contribution in [2.75, 3.05) is 19.6 Å². The standard InChI is InChI=1S/C23H30FN5O2/c1-14(2)21(15-5-7-16(24)8-6-15)29-18-10-20(23(29)31)27(12-18)13-19(26)22(30)28-9-3-4-17(28)11-25/h5-8,14,17-21H,3-4,9-10,12-13,26H2,1-2H3/t17-,18?,19-,20+,21-/m0/s1. The summed E-state index contributed by atoms with van der Waals surface area (Å²) in [6.07, 6.45) is 2.23. The lowest BCUT2D eigenvalue weighted by Crippen LogP contribution is -2.57. The Morgan fingerprint density at radius 2 is 2.03 bits per heavy atom. The van der Waals surface area contributed by atoms with Gasteiger partial charge in [-0.15, -0.1) is 0 Å². The van der Waals surface area contributed by atoms with Crippen LogP contribution in [0.25, 0.3) is 0 Å². The van der Waals surface area contributed by atoms with E-state index >= 15 is 0 Å². The normalized spacial score (nSPS) is 27.7. The van der Waals surface area contributed by atoms with Gasteiger partial charge in [-0.1, -0.05) is 26.0 Å². The van der Waals surface area contributed by atoms with Gasteiger partial charge in [0.1, 0.15) is 11.9 Å². The molecule has 1 unspecified atom stereocenters. The van der Waals surface area contributed by atoms with Crippen LogP contribution in [0.2, 0.25) is 0 Å². The fraction of sp³-hybridized carbons (Fsp3) is 0.609. The van der Waals surface area contributed by atoms with Crippen LogP contribution in [-0.2, 0) is 9.59 Å². The van der Waals surface area contributed by atoms with Crippen LogP contribution in [0.5, 0.6) is 0 Å². The fourth-order valence-electron chi connectivity index (χ4n) is 5.49. The van der Waals surface area contributed by atoms with Crippen molar-refractivity contribution in [3.05, 3.63) is 35.6 Å². The van der Waals surface area contributed by atoms with Gasteiger partial charge >= 0.3 is 0 Å². The molecule has 7 nitrogen and oxygen atoms in total. The van der Waals surface area contributed by atoms with Crippen LogP contribution in [-0.4, -0.2) is 70.3 Å². The number of halogens is 1. The quantitative estimate of drug-likeness (QED) is 0.745. The molecule has 2 amide bonds. The summed E-state index contributed by atoms with van der Waals surface area (Å²) in [7, 11) is 0. The van der Waals surface area contributed by atoms with Gasteiger partial charge in [0.15, 0.2) is 0 Å². The number of nitrogens with zero attached hydrogens (tertiary/aromatic N) is 4. The molecule has 31 heavy (non-hydrogen) atoms. The van der Waals surface area contributed by atoms with E-state index in [-0.39, 0.29) is 41.7 Å². The molecule has 4 rings (SSSR count). The highest BCUT2D eigenvalue weighted by molar-refractivity contribution is 5.87. The summed E-state index contributed by atoms with van der Waals surface area (Å²) < 4.78 is 13.4. The minimum Gasteiger partial charge on any atom is -0.330 e. The van der Waals surface area contributed by atoms with E-state index in [1.54, 1.807) is 17.0 Å². The lowest BCUT2D eigenvalue weighted by atomic mass is 9.93. The lowest BCUT2D eigenvalue weighted by Gasteiger charge is -2.41. The van der Waals surface area contributed by atoms with Crippen LogP contribution in [0, 0.1) is 23.1 Å². The smallest absolute Gasteiger partial charge is 0.241 e. The van der Waals surface area contributed by atoms with Gasteiger partial charge in [-0.05, 0) is 42.9 Å². The molecule has 0 radical (unpaired) electrons. The van der Waals surface area contributed by atoms with Gasteiger partial charge in [0, 0.05) is 25.7 Å². The molecule has 3 saturated heterocycles. The number of amides is 2. The predicted molar refractivity (Wildman–Crippen MR) is 113 cm³/mol. The van der Waals surface area contributed by atoms with Crippen LogP contribution in [0.4, 0.5) is 4.39 Å². The zero-order valence-electron chi connectivity index (χ0n) is 18.1. The van der Waals surface area contributed by atoms with Gasteiger partial charge in [0.05, 0.1) is 24.2 Å². The average molecular weight is 428 g/mol. The van der Waals surface area contributed by atoms with E-state index in [1.165, 1.54) is 12.1 Å². The summed E-state index contributed by atoms with van der Waals surface area (Å²) >= 11 is 0. The predicted octanol–water partition coefficient (Wildman–Crippen LogP) is 1.65. The highest BCUT2D eigenvalue weighted by atomic mass is 19.1. The first-order valence-electron chi connectivity index (χ1n) is 11.1. The lowest BCUT2D eigenvalue weighted by molar-refractivity contribution is -0.142. The number of fused-ring (bicyclic) bond motifs is 2. The summed E-state index contributed by atoms with van der Waals surface area (Å²) in [6, 6.07) is 7.09. The number of nitrogens with two attached hydrogens (primary N) is 1. The van der Waals surface area contributed by atoms with E-state index in [9.17, 15) is 19.2 Å². The van der Waals surface area contributed by atoms with Gasteiger partial charge in [-0.2, -0.15) is 5.26 Å². The first-order chi connectivity index (χ1) is 14.8. The van der Waals surface area contributed by atoms with E-state index in [1.807, 2.05) is 9.80 Å². The van der Waals surface area contributed by atoms with E-state index in [0.717, 1.165) is 12.0 Å². The van der Waals surface area contributed by atoms with Crippen LogP contribution in [0.15, 0.2) is 24.3 Å². The highest BCUT2D eigenvalue weighted by Gasteiger charge is 2.52. The number of carbonyl (C=O) groups is 2. The van der Waals surface area contributed by atoms with E-state index in [2.05, 4.69) is 19.9 Å². The molecular formula is C23H30FN5O2. The fourth-order valence-corrected chi connectivity index (χ4v) is 5.49. The van der Waals surface area contributed by atoms with Crippen molar-refractivity contribution in [1.82, 2.24) is 14.7 Å². The van der Waals surface area contributed by atoms with Crippen molar-refractivity contribution in [3.8, 4) is 6.07 Å². The van der Waals surface area contributed by atoms with Gasteiger partial charge in [0.25, 0.3) is 0 Å². The van der Waals surface area contributed by atoms with Crippen molar-refractivity contribution in [3.63, 3.8) is 0 Å². The molecule has 1 aromatic rings. The Labute approximate surface area is 182 Å². The molecule has 0 spiro atoms. The van der Waals surface area contributed by atoms with Crippen LogP contribution in [0.1, 0.15) is 44.7 Å². The number of piperazine rings is 1. The van der Waals surface area contributed by atoms with Gasteiger partial charge in [-0.3, -0.25) is 14.5 Å². The Kier molecular flexibility index (Phi) is 6.00. The Morgan fingerprint density at radius 3 is 2.65 bits per heavy atom. The maximum atomic E-state index is 13.4. The molecule has 2 bridgehead atoms. The second-order valence-electron chi connectivity index (χ2n) is 9.27.